The lowest BCUT2D eigenvalue weighted by atomic mass is 10.2. The van der Waals surface area contributed by atoms with Crippen LogP contribution >= 0.6 is 11.6 Å². The minimum atomic E-state index is -2.57. The van der Waals surface area contributed by atoms with Gasteiger partial charge in [0.2, 0.25) is 5.88 Å². The summed E-state index contributed by atoms with van der Waals surface area (Å²) in [6.45, 7) is -0.0404. The monoisotopic (exact) mass is 380 g/mol. The lowest BCUT2D eigenvalue weighted by Crippen LogP contribution is -2.08. The number of alkyl halides is 2. The average molecular weight is 381 g/mol. The molecule has 0 unspecified atom stereocenters. The number of hydrogen-bond donors (Lipinski definition) is 1. The number of benzene rings is 1. The van der Waals surface area contributed by atoms with E-state index in [0.29, 0.717) is 11.4 Å². The molecule has 26 heavy (non-hydrogen) atoms. The molecule has 1 N–H and O–H groups in total. The molecular formula is C15H11ClF2N6O2. The molecule has 0 aliphatic rings. The molecule has 0 fully saturated rings. The first-order valence-corrected chi connectivity index (χ1v) is 7.59. The van der Waals surface area contributed by atoms with Crippen LogP contribution in [0.1, 0.15) is 23.4 Å². The van der Waals surface area contributed by atoms with Gasteiger partial charge in [-0.05, 0) is 18.2 Å². The highest BCUT2D eigenvalue weighted by atomic mass is 35.5. The van der Waals surface area contributed by atoms with Gasteiger partial charge in [0, 0.05) is 11.6 Å². The summed E-state index contributed by atoms with van der Waals surface area (Å²) in [5.41, 5.74) is 1.04. The second-order valence-electron chi connectivity index (χ2n) is 4.95. The molecule has 11 heteroatoms. The zero-order chi connectivity index (χ0) is 18.5. The zero-order valence-corrected chi connectivity index (χ0v) is 13.8. The molecule has 0 amide bonds. The normalized spacial score (nSPS) is 11.4. The van der Waals surface area contributed by atoms with Crippen LogP contribution in [-0.4, -0.2) is 36.6 Å². The van der Waals surface area contributed by atoms with Gasteiger partial charge in [-0.25, -0.2) is 13.5 Å². The molecule has 0 saturated heterocycles. The van der Waals surface area contributed by atoms with Crippen LogP contribution in [0.25, 0.3) is 5.69 Å². The van der Waals surface area contributed by atoms with Gasteiger partial charge < -0.3 is 9.94 Å². The molecule has 0 bridgehead atoms. The van der Waals surface area contributed by atoms with Crippen LogP contribution in [0.5, 0.6) is 5.88 Å². The van der Waals surface area contributed by atoms with Crippen molar-refractivity contribution in [3.63, 3.8) is 0 Å². The van der Waals surface area contributed by atoms with Crippen LogP contribution in [0.15, 0.2) is 41.6 Å². The maximum absolute atomic E-state index is 12.7. The van der Waals surface area contributed by atoms with E-state index in [1.807, 2.05) is 0 Å². The lowest BCUT2D eigenvalue weighted by molar-refractivity contribution is 0.151. The summed E-state index contributed by atoms with van der Waals surface area (Å²) < 4.78 is 32.3. The second-order valence-corrected chi connectivity index (χ2v) is 5.34. The van der Waals surface area contributed by atoms with Crippen LogP contribution in [0.2, 0.25) is 5.15 Å². The van der Waals surface area contributed by atoms with E-state index in [-0.39, 0.29) is 28.9 Å². The van der Waals surface area contributed by atoms with E-state index < -0.39 is 6.43 Å². The molecule has 2 aromatic heterocycles. The predicted octanol–water partition coefficient (Wildman–Crippen LogP) is 3.04. The number of hydrogen-bond acceptors (Lipinski definition) is 7. The second kappa shape index (κ2) is 7.83. The van der Waals surface area contributed by atoms with Crippen LogP contribution in [-0.2, 0) is 6.61 Å². The van der Waals surface area contributed by atoms with Gasteiger partial charge in [-0.15, -0.1) is 15.3 Å². The van der Waals surface area contributed by atoms with E-state index in [1.54, 1.807) is 0 Å². The molecule has 3 rings (SSSR count). The van der Waals surface area contributed by atoms with E-state index in [4.69, 9.17) is 21.5 Å². The number of oxime groups is 1. The van der Waals surface area contributed by atoms with Gasteiger partial charge in [-0.3, -0.25) is 0 Å². The third-order valence-corrected chi connectivity index (χ3v) is 3.53. The van der Waals surface area contributed by atoms with Crippen LogP contribution in [0.4, 0.5) is 8.78 Å². The van der Waals surface area contributed by atoms with Crippen LogP contribution in [0.3, 0.4) is 0 Å². The molecule has 0 radical (unpaired) electrons. The minimum absolute atomic E-state index is 0.0404. The Hall–Kier alpha value is -3.14. The van der Waals surface area contributed by atoms with Crippen LogP contribution in [0, 0.1) is 0 Å². The maximum atomic E-state index is 12.7. The molecule has 0 spiro atoms. The van der Waals surface area contributed by atoms with Gasteiger partial charge in [0.05, 0.1) is 11.9 Å². The number of nitrogens with zero attached hydrogens (tertiary/aromatic N) is 6. The molecule has 2 heterocycles. The van der Waals surface area contributed by atoms with Crippen molar-refractivity contribution in [2.45, 2.75) is 13.0 Å². The average Bonchev–Trinajstić information content (AvgIpc) is 3.04. The van der Waals surface area contributed by atoms with E-state index in [0.717, 1.165) is 6.21 Å². The van der Waals surface area contributed by atoms with Crippen molar-refractivity contribution < 1.29 is 18.7 Å². The van der Waals surface area contributed by atoms with Crippen LogP contribution < -0.4 is 4.74 Å². The Balaban J connectivity index is 1.89. The number of halogens is 3. The summed E-state index contributed by atoms with van der Waals surface area (Å²) in [4.78, 5) is 0. The Morgan fingerprint density at radius 3 is 2.54 bits per heavy atom. The Morgan fingerprint density at radius 1 is 1.15 bits per heavy atom. The zero-order valence-electron chi connectivity index (χ0n) is 13.0. The molecule has 3 aromatic rings. The first-order chi connectivity index (χ1) is 12.6. The molecule has 1 aromatic carbocycles. The highest BCUT2D eigenvalue weighted by Crippen LogP contribution is 2.21. The summed E-state index contributed by atoms with van der Waals surface area (Å²) in [7, 11) is 0. The van der Waals surface area contributed by atoms with Crippen molar-refractivity contribution in [1.82, 2.24) is 25.2 Å². The third-order valence-electron chi connectivity index (χ3n) is 3.33. The van der Waals surface area contributed by atoms with E-state index in [1.165, 1.54) is 41.1 Å². The van der Waals surface area contributed by atoms with Crippen molar-refractivity contribution in [3.8, 4) is 11.6 Å². The summed E-state index contributed by atoms with van der Waals surface area (Å²) in [6, 6.07) is 8.57. The van der Waals surface area contributed by atoms with E-state index >= 15 is 0 Å². The number of ether oxygens (including phenoxy) is 1. The smallest absolute Gasteiger partial charge is 0.263 e. The molecule has 0 atom stereocenters. The standard InChI is InChI=1S/C15H11ClF2N6O2/c16-13-5-6-14(22-21-13)26-8-12-11(7-19-25)20-23-24(12)10-3-1-9(2-4-10)15(17)18/h1-7,15,25H,8H2. The van der Waals surface area contributed by atoms with Gasteiger partial charge in [0.15, 0.2) is 5.15 Å². The summed E-state index contributed by atoms with van der Waals surface area (Å²) >= 11 is 5.67. The molecule has 134 valence electrons. The van der Waals surface area contributed by atoms with E-state index in [9.17, 15) is 8.78 Å². The van der Waals surface area contributed by atoms with Crippen molar-refractivity contribution in [2.75, 3.05) is 0 Å². The van der Waals surface area contributed by atoms with Gasteiger partial charge in [0.25, 0.3) is 6.43 Å². The fourth-order valence-electron chi connectivity index (χ4n) is 2.09. The third kappa shape index (κ3) is 3.91. The molecule has 0 saturated carbocycles. The Kier molecular flexibility index (Phi) is 5.32. The highest BCUT2D eigenvalue weighted by Gasteiger charge is 2.15. The highest BCUT2D eigenvalue weighted by molar-refractivity contribution is 6.29. The number of aromatic nitrogens is 5. The summed E-state index contributed by atoms with van der Waals surface area (Å²) in [5, 5.41) is 27.2. The predicted molar refractivity (Wildman–Crippen MR) is 87.1 cm³/mol. The lowest BCUT2D eigenvalue weighted by Gasteiger charge is -2.09. The van der Waals surface area contributed by atoms with Gasteiger partial charge in [-0.1, -0.05) is 34.1 Å². The van der Waals surface area contributed by atoms with Crippen molar-refractivity contribution >= 4 is 17.8 Å². The quantitative estimate of drug-likeness (QED) is 0.401. The Morgan fingerprint density at radius 2 is 1.92 bits per heavy atom. The first-order valence-electron chi connectivity index (χ1n) is 7.21. The molecular weight excluding hydrogens is 370 g/mol. The van der Waals surface area contributed by atoms with Crippen molar-refractivity contribution in [2.24, 2.45) is 5.16 Å². The number of rotatable bonds is 6. The Labute approximate surface area is 150 Å². The van der Waals surface area contributed by atoms with Gasteiger partial charge >= 0.3 is 0 Å². The van der Waals surface area contributed by atoms with Crippen molar-refractivity contribution in [3.05, 3.63) is 58.5 Å². The largest absolute Gasteiger partial charge is 0.470 e. The SMILES string of the molecule is ON=Cc1nnn(-c2ccc(C(F)F)cc2)c1COc1ccc(Cl)nn1. The molecule has 0 aliphatic carbocycles. The first kappa shape index (κ1) is 17.7. The summed E-state index contributed by atoms with van der Waals surface area (Å²) in [6.07, 6.45) is -1.48. The van der Waals surface area contributed by atoms with Crippen molar-refractivity contribution in [1.29, 1.82) is 0 Å². The van der Waals surface area contributed by atoms with Gasteiger partial charge in [0.1, 0.15) is 18.0 Å². The Bertz CT molecular complexity index is 900. The molecule has 0 aliphatic heterocycles. The fourth-order valence-corrected chi connectivity index (χ4v) is 2.20. The summed E-state index contributed by atoms with van der Waals surface area (Å²) in [5.74, 6) is 0.210. The maximum Gasteiger partial charge on any atom is 0.263 e. The molecule has 8 nitrogen and oxygen atoms in total. The van der Waals surface area contributed by atoms with E-state index in [2.05, 4.69) is 25.7 Å². The fraction of sp³-hybridized carbons (Fsp3) is 0.133. The topological polar surface area (TPSA) is 98.3 Å². The van der Waals surface area contributed by atoms with Gasteiger partial charge in [-0.2, -0.15) is 0 Å². The minimum Gasteiger partial charge on any atom is -0.470 e.